The number of carbonyl (C=O) groups excluding carboxylic acids is 1. The molecule has 2 fully saturated rings. The van der Waals surface area contributed by atoms with E-state index in [0.29, 0.717) is 36.7 Å². The van der Waals surface area contributed by atoms with Crippen LogP contribution < -0.4 is 10.2 Å². The lowest BCUT2D eigenvalue weighted by Gasteiger charge is -2.30. The average Bonchev–Trinajstić information content (AvgIpc) is 3.44. The molecule has 0 saturated carbocycles. The van der Waals surface area contributed by atoms with Crippen molar-refractivity contribution in [3.05, 3.63) is 66.2 Å². The van der Waals surface area contributed by atoms with Crippen LogP contribution in [0.15, 0.2) is 55.0 Å². The number of halogens is 1. The maximum absolute atomic E-state index is 14.2. The standard InChI is InChI=1S/C27H28FN7O/c1-27(28)7-10-35(17-27)24-6-4-21(15-30-24)31-26(36)25-22-12-19(3-5-23(22)32-33-25)20-11-18(13-29-14-20)16-34-8-2-9-34/h3-6,11-15H,2,7-10,16-17H2,1H3,(H,31,36)(H,32,33). The molecule has 2 N–H and O–H groups in total. The zero-order valence-electron chi connectivity index (χ0n) is 20.2. The van der Waals surface area contributed by atoms with Crippen LogP contribution in [0.5, 0.6) is 0 Å². The third kappa shape index (κ3) is 4.54. The lowest BCUT2D eigenvalue weighted by Crippen LogP contribution is -2.36. The van der Waals surface area contributed by atoms with Crippen molar-refractivity contribution in [3.63, 3.8) is 0 Å². The first-order valence-corrected chi connectivity index (χ1v) is 12.3. The van der Waals surface area contributed by atoms with Gasteiger partial charge in [0, 0.05) is 42.9 Å². The molecule has 0 radical (unpaired) electrons. The van der Waals surface area contributed by atoms with Gasteiger partial charge in [0.25, 0.3) is 5.91 Å². The molecule has 1 unspecified atom stereocenters. The SMILES string of the molecule is CC1(F)CCN(c2ccc(NC(=O)c3n[nH]c4ccc(-c5cncc(CN6CCC6)c5)cc34)cn2)C1. The molecule has 36 heavy (non-hydrogen) atoms. The largest absolute Gasteiger partial charge is 0.353 e. The molecule has 0 aliphatic carbocycles. The number of likely N-dealkylation sites (tertiary alicyclic amines) is 1. The molecule has 1 amide bonds. The first-order valence-electron chi connectivity index (χ1n) is 12.3. The van der Waals surface area contributed by atoms with E-state index in [4.69, 9.17) is 0 Å². The van der Waals surface area contributed by atoms with Crippen molar-refractivity contribution in [1.29, 1.82) is 0 Å². The van der Waals surface area contributed by atoms with E-state index in [1.807, 2.05) is 35.5 Å². The van der Waals surface area contributed by atoms with E-state index in [2.05, 4.69) is 36.4 Å². The van der Waals surface area contributed by atoms with Crippen molar-refractivity contribution in [1.82, 2.24) is 25.1 Å². The molecule has 184 valence electrons. The van der Waals surface area contributed by atoms with Crippen LogP contribution in [0.2, 0.25) is 0 Å². The number of fused-ring (bicyclic) bond motifs is 1. The second kappa shape index (κ2) is 8.98. The van der Waals surface area contributed by atoms with Gasteiger partial charge in [0.2, 0.25) is 0 Å². The molecule has 2 saturated heterocycles. The first-order chi connectivity index (χ1) is 17.4. The summed E-state index contributed by atoms with van der Waals surface area (Å²) >= 11 is 0. The number of H-pyrrole nitrogens is 1. The zero-order valence-corrected chi connectivity index (χ0v) is 20.2. The third-order valence-corrected chi connectivity index (χ3v) is 7.01. The molecule has 3 aromatic heterocycles. The predicted molar refractivity (Wildman–Crippen MR) is 138 cm³/mol. The van der Waals surface area contributed by atoms with Crippen LogP contribution >= 0.6 is 0 Å². The Morgan fingerprint density at radius 3 is 2.72 bits per heavy atom. The Hall–Kier alpha value is -3.85. The number of aromatic nitrogens is 4. The molecule has 1 aromatic carbocycles. The quantitative estimate of drug-likeness (QED) is 0.420. The molecule has 6 rings (SSSR count). The van der Waals surface area contributed by atoms with Crippen LogP contribution in [0.1, 0.15) is 35.8 Å². The van der Waals surface area contributed by atoms with Gasteiger partial charge >= 0.3 is 0 Å². The normalized spacial score (nSPS) is 20.0. The number of hydrogen-bond donors (Lipinski definition) is 2. The topological polar surface area (TPSA) is 90.0 Å². The van der Waals surface area contributed by atoms with Gasteiger partial charge in [-0.3, -0.25) is 19.8 Å². The third-order valence-electron chi connectivity index (χ3n) is 7.01. The Labute approximate surface area is 208 Å². The number of nitrogens with one attached hydrogen (secondary N) is 2. The molecule has 4 aromatic rings. The maximum atomic E-state index is 14.2. The van der Waals surface area contributed by atoms with Gasteiger partial charge in [0.15, 0.2) is 5.69 Å². The van der Waals surface area contributed by atoms with Crippen molar-refractivity contribution in [3.8, 4) is 11.1 Å². The summed E-state index contributed by atoms with van der Waals surface area (Å²) < 4.78 is 14.2. The van der Waals surface area contributed by atoms with Gasteiger partial charge in [-0.25, -0.2) is 9.37 Å². The van der Waals surface area contributed by atoms with E-state index < -0.39 is 5.67 Å². The number of benzene rings is 1. The average molecular weight is 486 g/mol. The molecule has 8 nitrogen and oxygen atoms in total. The lowest BCUT2D eigenvalue weighted by atomic mass is 10.0. The smallest absolute Gasteiger partial charge is 0.276 e. The van der Waals surface area contributed by atoms with Gasteiger partial charge in [-0.15, -0.1) is 0 Å². The summed E-state index contributed by atoms with van der Waals surface area (Å²) in [7, 11) is 0. The Morgan fingerprint density at radius 1 is 1.11 bits per heavy atom. The van der Waals surface area contributed by atoms with E-state index in [9.17, 15) is 9.18 Å². The summed E-state index contributed by atoms with van der Waals surface area (Å²) in [4.78, 5) is 26.3. The summed E-state index contributed by atoms with van der Waals surface area (Å²) in [5.41, 5.74) is 3.62. The number of anilines is 2. The number of pyridine rings is 2. The molecule has 9 heteroatoms. The number of hydrogen-bond acceptors (Lipinski definition) is 6. The second-order valence-corrected chi connectivity index (χ2v) is 9.99. The summed E-state index contributed by atoms with van der Waals surface area (Å²) in [5, 5.41) is 10.8. The molecule has 0 bridgehead atoms. The fourth-order valence-corrected chi connectivity index (χ4v) is 4.85. The van der Waals surface area contributed by atoms with Gasteiger partial charge in [0.1, 0.15) is 11.5 Å². The Kier molecular flexibility index (Phi) is 5.64. The maximum Gasteiger partial charge on any atom is 0.276 e. The lowest BCUT2D eigenvalue weighted by molar-refractivity contribution is 0.102. The number of carbonyl (C=O) groups is 1. The van der Waals surface area contributed by atoms with Crippen LogP contribution in [-0.4, -0.2) is 62.8 Å². The summed E-state index contributed by atoms with van der Waals surface area (Å²) in [5.74, 6) is 0.379. The van der Waals surface area contributed by atoms with Crippen molar-refractivity contribution in [2.24, 2.45) is 0 Å². The minimum atomic E-state index is -1.19. The van der Waals surface area contributed by atoms with Gasteiger partial charge in [-0.05, 0) is 67.9 Å². The molecule has 5 heterocycles. The minimum absolute atomic E-state index is 0.313. The van der Waals surface area contributed by atoms with E-state index >= 15 is 0 Å². The van der Waals surface area contributed by atoms with Crippen LogP contribution in [0.4, 0.5) is 15.9 Å². The summed E-state index contributed by atoms with van der Waals surface area (Å²) in [6, 6.07) is 11.7. The predicted octanol–water partition coefficient (Wildman–Crippen LogP) is 4.42. The first kappa shape index (κ1) is 22.6. The molecular formula is C27H28FN7O. The van der Waals surface area contributed by atoms with E-state index in [1.54, 1.807) is 25.3 Å². The monoisotopic (exact) mass is 485 g/mol. The highest BCUT2D eigenvalue weighted by Gasteiger charge is 2.34. The molecule has 1 atom stereocenters. The fourth-order valence-electron chi connectivity index (χ4n) is 4.85. The van der Waals surface area contributed by atoms with Crippen molar-refractivity contribution < 1.29 is 9.18 Å². The highest BCUT2D eigenvalue weighted by atomic mass is 19.1. The number of aromatic amines is 1. The van der Waals surface area contributed by atoms with E-state index in [0.717, 1.165) is 41.7 Å². The summed E-state index contributed by atoms with van der Waals surface area (Å²) in [6.45, 7) is 5.74. The van der Waals surface area contributed by atoms with Gasteiger partial charge in [0.05, 0.1) is 23.9 Å². The highest BCUT2D eigenvalue weighted by Crippen LogP contribution is 2.29. The molecule has 2 aliphatic rings. The molecule has 2 aliphatic heterocycles. The Balaban J connectivity index is 1.20. The van der Waals surface area contributed by atoms with Crippen LogP contribution in [0.3, 0.4) is 0 Å². The van der Waals surface area contributed by atoms with Gasteiger partial charge in [-0.2, -0.15) is 5.10 Å². The number of alkyl halides is 1. The van der Waals surface area contributed by atoms with E-state index in [1.165, 1.54) is 12.0 Å². The second-order valence-electron chi connectivity index (χ2n) is 9.99. The minimum Gasteiger partial charge on any atom is -0.353 e. The fraction of sp³-hybridized carbons (Fsp3) is 0.333. The molecular weight excluding hydrogens is 457 g/mol. The number of nitrogens with zero attached hydrogens (tertiary/aromatic N) is 5. The van der Waals surface area contributed by atoms with Crippen molar-refractivity contribution in [2.45, 2.75) is 32.0 Å². The van der Waals surface area contributed by atoms with Crippen LogP contribution in [0, 0.1) is 0 Å². The number of amides is 1. The molecule has 0 spiro atoms. The highest BCUT2D eigenvalue weighted by molar-refractivity contribution is 6.11. The number of rotatable bonds is 6. The van der Waals surface area contributed by atoms with Crippen molar-refractivity contribution in [2.75, 3.05) is 36.4 Å². The van der Waals surface area contributed by atoms with Crippen LogP contribution in [0.25, 0.3) is 22.0 Å². The Morgan fingerprint density at radius 2 is 2.00 bits per heavy atom. The zero-order chi connectivity index (χ0) is 24.7. The Bertz CT molecular complexity index is 1410. The van der Waals surface area contributed by atoms with E-state index in [-0.39, 0.29) is 5.91 Å². The van der Waals surface area contributed by atoms with Crippen LogP contribution in [-0.2, 0) is 6.54 Å². The van der Waals surface area contributed by atoms with Gasteiger partial charge < -0.3 is 10.2 Å². The summed E-state index contributed by atoms with van der Waals surface area (Å²) in [6.07, 6.45) is 7.10. The van der Waals surface area contributed by atoms with Gasteiger partial charge in [-0.1, -0.05) is 6.07 Å². The van der Waals surface area contributed by atoms with Crippen molar-refractivity contribution >= 4 is 28.3 Å².